The van der Waals surface area contributed by atoms with Gasteiger partial charge < -0.3 is 0 Å². The SMILES string of the molecule is C=C(CCCC)CC(C)Cl. The molecule has 0 saturated carbocycles. The minimum Gasteiger partial charge on any atom is -0.123 e. The molecule has 0 fully saturated rings. The molecule has 0 radical (unpaired) electrons. The molecule has 0 aliphatic rings. The third-order valence-corrected chi connectivity index (χ3v) is 1.61. The van der Waals surface area contributed by atoms with Crippen LogP contribution in [0.1, 0.15) is 39.5 Å². The predicted octanol–water partition coefficient (Wildman–Crippen LogP) is 3.75. The van der Waals surface area contributed by atoms with Crippen molar-refractivity contribution in [1.82, 2.24) is 0 Å². The molecule has 0 amide bonds. The van der Waals surface area contributed by atoms with Gasteiger partial charge in [0.25, 0.3) is 0 Å². The monoisotopic (exact) mass is 160 g/mol. The van der Waals surface area contributed by atoms with Crippen molar-refractivity contribution >= 4 is 11.6 Å². The number of allylic oxidation sites excluding steroid dienone is 1. The van der Waals surface area contributed by atoms with Crippen LogP contribution in [0.2, 0.25) is 0 Å². The number of alkyl halides is 1. The minimum absolute atomic E-state index is 0.254. The van der Waals surface area contributed by atoms with Gasteiger partial charge in [0.15, 0.2) is 0 Å². The van der Waals surface area contributed by atoms with E-state index in [9.17, 15) is 0 Å². The zero-order valence-corrected chi connectivity index (χ0v) is 7.75. The molecule has 1 heteroatoms. The van der Waals surface area contributed by atoms with Crippen LogP contribution in [-0.2, 0) is 0 Å². The molecule has 0 spiro atoms. The van der Waals surface area contributed by atoms with E-state index >= 15 is 0 Å². The largest absolute Gasteiger partial charge is 0.123 e. The van der Waals surface area contributed by atoms with Gasteiger partial charge in [0, 0.05) is 5.38 Å². The van der Waals surface area contributed by atoms with Gasteiger partial charge in [-0.2, -0.15) is 0 Å². The molecule has 1 atom stereocenters. The summed E-state index contributed by atoms with van der Waals surface area (Å²) in [5.74, 6) is 0. The smallest absolute Gasteiger partial charge is 0.0344 e. The average molecular weight is 161 g/mol. The van der Waals surface area contributed by atoms with Crippen molar-refractivity contribution in [2.45, 2.75) is 44.9 Å². The first-order valence-electron chi connectivity index (χ1n) is 3.97. The predicted molar refractivity (Wildman–Crippen MR) is 48.6 cm³/mol. The van der Waals surface area contributed by atoms with E-state index in [4.69, 9.17) is 11.6 Å². The van der Waals surface area contributed by atoms with Gasteiger partial charge in [-0.15, -0.1) is 11.6 Å². The van der Waals surface area contributed by atoms with E-state index in [0.29, 0.717) is 0 Å². The molecule has 60 valence electrons. The van der Waals surface area contributed by atoms with E-state index in [1.54, 1.807) is 0 Å². The average Bonchev–Trinajstić information content (AvgIpc) is 1.82. The Kier molecular flexibility index (Phi) is 5.81. The van der Waals surface area contributed by atoms with E-state index in [-0.39, 0.29) is 5.38 Å². The van der Waals surface area contributed by atoms with Crippen LogP contribution in [-0.4, -0.2) is 5.38 Å². The number of hydrogen-bond acceptors (Lipinski definition) is 0. The third-order valence-electron chi connectivity index (χ3n) is 1.45. The zero-order valence-electron chi connectivity index (χ0n) is 6.99. The summed E-state index contributed by atoms with van der Waals surface area (Å²) in [5, 5.41) is 0.254. The first-order valence-corrected chi connectivity index (χ1v) is 4.41. The Morgan fingerprint density at radius 1 is 1.60 bits per heavy atom. The van der Waals surface area contributed by atoms with Crippen LogP contribution in [0.4, 0.5) is 0 Å². The standard InChI is InChI=1S/C9H17Cl/c1-4-5-6-8(2)7-9(3)10/h9H,2,4-7H2,1,3H3. The number of halogens is 1. The molecule has 0 aliphatic carbocycles. The Hall–Kier alpha value is 0.0300. The molecule has 0 aliphatic heterocycles. The van der Waals surface area contributed by atoms with E-state index in [1.807, 2.05) is 6.92 Å². The maximum atomic E-state index is 5.79. The van der Waals surface area contributed by atoms with E-state index in [0.717, 1.165) is 12.8 Å². The number of rotatable bonds is 5. The lowest BCUT2D eigenvalue weighted by Gasteiger charge is -2.05. The highest BCUT2D eigenvalue weighted by Crippen LogP contribution is 2.14. The first-order chi connectivity index (χ1) is 4.66. The van der Waals surface area contributed by atoms with Crippen LogP contribution in [0.3, 0.4) is 0 Å². The Labute approximate surface area is 69.3 Å². The van der Waals surface area contributed by atoms with Crippen LogP contribution in [0.25, 0.3) is 0 Å². The highest BCUT2D eigenvalue weighted by Gasteiger charge is 1.98. The second kappa shape index (κ2) is 5.79. The molecule has 0 aromatic carbocycles. The molecule has 0 saturated heterocycles. The Bertz CT molecular complexity index is 94.9. The molecular weight excluding hydrogens is 144 g/mol. The quantitative estimate of drug-likeness (QED) is 0.425. The van der Waals surface area contributed by atoms with Crippen LogP contribution >= 0.6 is 11.6 Å². The van der Waals surface area contributed by atoms with E-state index in [2.05, 4.69) is 13.5 Å². The number of hydrogen-bond donors (Lipinski definition) is 0. The summed E-state index contributed by atoms with van der Waals surface area (Å²) in [6, 6.07) is 0. The van der Waals surface area contributed by atoms with Gasteiger partial charge in [0.1, 0.15) is 0 Å². The van der Waals surface area contributed by atoms with E-state index < -0.39 is 0 Å². The number of unbranched alkanes of at least 4 members (excludes halogenated alkanes) is 1. The van der Waals surface area contributed by atoms with Crippen LogP contribution < -0.4 is 0 Å². The van der Waals surface area contributed by atoms with Gasteiger partial charge in [0.05, 0.1) is 0 Å². The van der Waals surface area contributed by atoms with Crippen molar-refractivity contribution in [3.05, 3.63) is 12.2 Å². The topological polar surface area (TPSA) is 0 Å². The molecule has 0 heterocycles. The second-order valence-corrected chi connectivity index (χ2v) is 3.58. The van der Waals surface area contributed by atoms with Gasteiger partial charge in [-0.1, -0.05) is 25.5 Å². The second-order valence-electron chi connectivity index (χ2n) is 2.84. The van der Waals surface area contributed by atoms with Crippen molar-refractivity contribution in [3.8, 4) is 0 Å². The van der Waals surface area contributed by atoms with Gasteiger partial charge in [-0.05, 0) is 26.2 Å². The van der Waals surface area contributed by atoms with Crippen LogP contribution in [0, 0.1) is 0 Å². The zero-order chi connectivity index (χ0) is 7.98. The van der Waals surface area contributed by atoms with Crippen LogP contribution in [0.15, 0.2) is 12.2 Å². The van der Waals surface area contributed by atoms with Gasteiger partial charge in [-0.3, -0.25) is 0 Å². The summed E-state index contributed by atoms with van der Waals surface area (Å²) >= 11 is 5.79. The van der Waals surface area contributed by atoms with Crippen molar-refractivity contribution in [2.75, 3.05) is 0 Å². The summed E-state index contributed by atoms with van der Waals surface area (Å²) in [5.41, 5.74) is 1.30. The lowest BCUT2D eigenvalue weighted by Crippen LogP contribution is -1.92. The summed E-state index contributed by atoms with van der Waals surface area (Å²) in [6.07, 6.45) is 4.62. The molecule has 0 rings (SSSR count). The molecule has 1 unspecified atom stereocenters. The Balaban J connectivity index is 3.26. The molecular formula is C9H17Cl. The van der Waals surface area contributed by atoms with Crippen LogP contribution in [0.5, 0.6) is 0 Å². The van der Waals surface area contributed by atoms with Gasteiger partial charge in [0.2, 0.25) is 0 Å². The molecule has 0 aromatic rings. The molecule has 0 N–H and O–H groups in total. The summed E-state index contributed by atoms with van der Waals surface area (Å²) in [4.78, 5) is 0. The van der Waals surface area contributed by atoms with Crippen molar-refractivity contribution in [2.24, 2.45) is 0 Å². The summed E-state index contributed by atoms with van der Waals surface area (Å²) in [7, 11) is 0. The van der Waals surface area contributed by atoms with Gasteiger partial charge >= 0.3 is 0 Å². The Morgan fingerprint density at radius 3 is 2.60 bits per heavy atom. The van der Waals surface area contributed by atoms with Crippen molar-refractivity contribution < 1.29 is 0 Å². The molecule has 0 aromatic heterocycles. The minimum atomic E-state index is 0.254. The third kappa shape index (κ3) is 6.15. The Morgan fingerprint density at radius 2 is 2.20 bits per heavy atom. The molecule has 0 nitrogen and oxygen atoms in total. The normalized spacial score (nSPS) is 13.1. The lowest BCUT2D eigenvalue weighted by atomic mass is 10.1. The molecule has 10 heavy (non-hydrogen) atoms. The highest BCUT2D eigenvalue weighted by atomic mass is 35.5. The first kappa shape index (κ1) is 10.0. The van der Waals surface area contributed by atoms with E-state index in [1.165, 1.54) is 18.4 Å². The fourth-order valence-corrected chi connectivity index (χ4v) is 1.14. The lowest BCUT2D eigenvalue weighted by molar-refractivity contribution is 0.748. The fourth-order valence-electron chi connectivity index (χ4n) is 0.927. The highest BCUT2D eigenvalue weighted by molar-refractivity contribution is 6.20. The van der Waals surface area contributed by atoms with Gasteiger partial charge in [-0.25, -0.2) is 0 Å². The van der Waals surface area contributed by atoms with Crippen molar-refractivity contribution in [1.29, 1.82) is 0 Å². The summed E-state index contributed by atoms with van der Waals surface area (Å²) in [6.45, 7) is 8.15. The fraction of sp³-hybridized carbons (Fsp3) is 0.778. The summed E-state index contributed by atoms with van der Waals surface area (Å²) < 4.78 is 0. The maximum absolute atomic E-state index is 5.79. The maximum Gasteiger partial charge on any atom is 0.0344 e. The molecule has 0 bridgehead atoms. The van der Waals surface area contributed by atoms with Crippen molar-refractivity contribution in [3.63, 3.8) is 0 Å².